The van der Waals surface area contributed by atoms with E-state index < -0.39 is 37.3 Å². The fourth-order valence-corrected chi connectivity index (χ4v) is 2.97. The number of ether oxygens (including phenoxy) is 1. The lowest BCUT2D eigenvalue weighted by molar-refractivity contribution is -0.228. The number of anilines is 1. The molecule has 4 N–H and O–H groups in total. The van der Waals surface area contributed by atoms with Crippen molar-refractivity contribution in [1.82, 2.24) is 0 Å². The van der Waals surface area contributed by atoms with Crippen LogP contribution in [0.25, 0.3) is 0 Å². The van der Waals surface area contributed by atoms with E-state index in [1.54, 1.807) is 0 Å². The van der Waals surface area contributed by atoms with Crippen molar-refractivity contribution in [1.29, 1.82) is 0 Å². The van der Waals surface area contributed by atoms with E-state index in [4.69, 9.17) is 4.74 Å². The van der Waals surface area contributed by atoms with E-state index in [0.717, 1.165) is 17.7 Å². The van der Waals surface area contributed by atoms with E-state index >= 15 is 0 Å². The van der Waals surface area contributed by atoms with Crippen LogP contribution in [0.4, 0.5) is 5.69 Å². The molecule has 1 aromatic rings. The van der Waals surface area contributed by atoms with Gasteiger partial charge in [0, 0.05) is 12.2 Å². The maximum absolute atomic E-state index is 10.1. The number of para-hydroxylation sites is 1. The van der Waals surface area contributed by atoms with Gasteiger partial charge in [-0.05, 0) is 18.1 Å². The lowest BCUT2D eigenvalue weighted by Crippen LogP contribution is -2.63. The molecule has 2 aliphatic heterocycles. The van der Waals surface area contributed by atoms with Crippen LogP contribution in [0, 0.1) is 0 Å². The monoisotopic (exact) mass is 281 g/mol. The molecule has 0 aromatic heterocycles. The number of nitrogens with zero attached hydrogens (tertiary/aromatic N) is 1. The van der Waals surface area contributed by atoms with Crippen molar-refractivity contribution in [2.24, 2.45) is 0 Å². The zero-order valence-electron chi connectivity index (χ0n) is 11.0. The molecule has 0 spiro atoms. The van der Waals surface area contributed by atoms with Crippen LogP contribution in [0.2, 0.25) is 0 Å². The summed E-state index contributed by atoms with van der Waals surface area (Å²) in [7, 11) is 0. The summed E-state index contributed by atoms with van der Waals surface area (Å²) in [6.07, 6.45) is -4.67. The second-order valence-corrected chi connectivity index (χ2v) is 5.29. The fraction of sp³-hybridized carbons (Fsp3) is 0.571. The SMILES string of the molecule is OC[C@@H]1O[C@@H](N2CCc3ccccc32)[C@@H](O)[C@@H](O)[C@@H]1O. The molecule has 0 aliphatic carbocycles. The van der Waals surface area contributed by atoms with Crippen LogP contribution < -0.4 is 4.90 Å². The zero-order chi connectivity index (χ0) is 14.3. The van der Waals surface area contributed by atoms with Gasteiger partial charge in [0.15, 0.2) is 6.23 Å². The molecule has 2 aliphatic rings. The van der Waals surface area contributed by atoms with Crippen LogP contribution in [0.3, 0.4) is 0 Å². The molecule has 1 saturated heterocycles. The van der Waals surface area contributed by atoms with Gasteiger partial charge in [-0.2, -0.15) is 0 Å². The van der Waals surface area contributed by atoms with Gasteiger partial charge >= 0.3 is 0 Å². The third-order valence-corrected chi connectivity index (χ3v) is 4.10. The molecule has 1 aromatic carbocycles. The molecule has 0 radical (unpaired) electrons. The van der Waals surface area contributed by atoms with Crippen LogP contribution in [-0.2, 0) is 11.2 Å². The average Bonchev–Trinajstić information content (AvgIpc) is 2.89. The first-order chi connectivity index (χ1) is 9.63. The van der Waals surface area contributed by atoms with E-state index in [0.29, 0.717) is 6.54 Å². The molecule has 2 heterocycles. The lowest BCUT2D eigenvalue weighted by atomic mass is 9.97. The standard InChI is InChI=1S/C14H19NO5/c16-7-10-11(17)12(18)13(19)14(20-10)15-6-5-8-3-1-2-4-9(8)15/h1-4,10-14,16-19H,5-7H2/t10-,11+,12-,13-,14+/m0/s1. The van der Waals surface area contributed by atoms with E-state index in [-0.39, 0.29) is 0 Å². The molecule has 6 nitrogen and oxygen atoms in total. The van der Waals surface area contributed by atoms with Crippen molar-refractivity contribution in [3.8, 4) is 0 Å². The number of benzene rings is 1. The van der Waals surface area contributed by atoms with Gasteiger partial charge < -0.3 is 30.1 Å². The van der Waals surface area contributed by atoms with E-state index in [9.17, 15) is 20.4 Å². The molecule has 110 valence electrons. The highest BCUT2D eigenvalue weighted by atomic mass is 16.6. The van der Waals surface area contributed by atoms with Crippen LogP contribution in [-0.4, -0.2) is 64.2 Å². The van der Waals surface area contributed by atoms with Crippen molar-refractivity contribution < 1.29 is 25.2 Å². The van der Waals surface area contributed by atoms with Crippen molar-refractivity contribution in [3.63, 3.8) is 0 Å². The Bertz CT molecular complexity index is 480. The molecule has 0 bridgehead atoms. The molecule has 0 saturated carbocycles. The van der Waals surface area contributed by atoms with Crippen molar-refractivity contribution in [3.05, 3.63) is 29.8 Å². The predicted molar refractivity (Wildman–Crippen MR) is 71.3 cm³/mol. The molecule has 3 rings (SSSR count). The van der Waals surface area contributed by atoms with Gasteiger partial charge in [-0.25, -0.2) is 0 Å². The predicted octanol–water partition coefficient (Wildman–Crippen LogP) is -1.15. The summed E-state index contributed by atoms with van der Waals surface area (Å²) in [5.74, 6) is 0. The number of aliphatic hydroxyl groups is 4. The fourth-order valence-electron chi connectivity index (χ4n) is 2.97. The first kappa shape index (κ1) is 13.8. The summed E-state index contributed by atoms with van der Waals surface area (Å²) < 4.78 is 5.59. The average molecular weight is 281 g/mol. The number of hydrogen-bond donors (Lipinski definition) is 4. The Morgan fingerprint density at radius 2 is 1.85 bits per heavy atom. The molecular formula is C14H19NO5. The Balaban J connectivity index is 1.87. The summed E-state index contributed by atoms with van der Waals surface area (Å²) in [4.78, 5) is 1.87. The Labute approximate surface area is 116 Å². The van der Waals surface area contributed by atoms with Crippen LogP contribution >= 0.6 is 0 Å². The van der Waals surface area contributed by atoms with Crippen LogP contribution in [0.1, 0.15) is 5.56 Å². The second kappa shape index (κ2) is 5.31. The maximum atomic E-state index is 10.1. The van der Waals surface area contributed by atoms with Gasteiger partial charge in [0.05, 0.1) is 6.61 Å². The smallest absolute Gasteiger partial charge is 0.159 e. The summed E-state index contributed by atoms with van der Waals surface area (Å²) in [5, 5.41) is 39.0. The highest BCUT2D eigenvalue weighted by Gasteiger charge is 2.46. The third kappa shape index (κ3) is 2.10. The summed E-state index contributed by atoms with van der Waals surface area (Å²) in [5.41, 5.74) is 2.11. The quantitative estimate of drug-likeness (QED) is 0.547. The molecule has 1 fully saturated rings. The lowest BCUT2D eigenvalue weighted by Gasteiger charge is -2.44. The number of rotatable bonds is 2. The molecular weight excluding hydrogens is 262 g/mol. The number of aliphatic hydroxyl groups excluding tert-OH is 4. The summed E-state index contributed by atoms with van der Waals surface area (Å²) in [6.45, 7) is 0.263. The van der Waals surface area contributed by atoms with Gasteiger partial charge in [-0.15, -0.1) is 0 Å². The van der Waals surface area contributed by atoms with E-state index in [2.05, 4.69) is 0 Å². The Kier molecular flexibility index (Phi) is 3.66. The molecule has 20 heavy (non-hydrogen) atoms. The first-order valence-corrected chi connectivity index (χ1v) is 6.78. The highest BCUT2D eigenvalue weighted by Crippen LogP contribution is 2.33. The van der Waals surface area contributed by atoms with E-state index in [1.807, 2.05) is 29.2 Å². The number of hydrogen-bond acceptors (Lipinski definition) is 6. The second-order valence-electron chi connectivity index (χ2n) is 5.29. The molecule has 6 heteroatoms. The Morgan fingerprint density at radius 1 is 1.10 bits per heavy atom. The minimum absolute atomic E-state index is 0.406. The van der Waals surface area contributed by atoms with Gasteiger partial charge in [0.25, 0.3) is 0 Å². The normalized spacial score (nSPS) is 37.0. The third-order valence-electron chi connectivity index (χ3n) is 4.10. The molecule has 5 atom stereocenters. The minimum atomic E-state index is -1.33. The van der Waals surface area contributed by atoms with E-state index in [1.165, 1.54) is 0 Å². The van der Waals surface area contributed by atoms with Crippen molar-refractivity contribution >= 4 is 5.69 Å². The first-order valence-electron chi connectivity index (χ1n) is 6.78. The Hall–Kier alpha value is -1.18. The maximum Gasteiger partial charge on any atom is 0.159 e. The molecule has 0 amide bonds. The minimum Gasteiger partial charge on any atom is -0.394 e. The largest absolute Gasteiger partial charge is 0.394 e. The zero-order valence-corrected chi connectivity index (χ0v) is 11.0. The Morgan fingerprint density at radius 3 is 2.60 bits per heavy atom. The summed E-state index contributed by atoms with van der Waals surface area (Å²) >= 11 is 0. The topological polar surface area (TPSA) is 93.4 Å². The number of fused-ring (bicyclic) bond motifs is 1. The highest BCUT2D eigenvalue weighted by molar-refractivity contribution is 5.58. The van der Waals surface area contributed by atoms with Gasteiger partial charge in [0.1, 0.15) is 24.4 Å². The van der Waals surface area contributed by atoms with Crippen LogP contribution in [0.5, 0.6) is 0 Å². The van der Waals surface area contributed by atoms with Gasteiger partial charge in [-0.3, -0.25) is 0 Å². The van der Waals surface area contributed by atoms with Crippen molar-refractivity contribution in [2.75, 3.05) is 18.1 Å². The van der Waals surface area contributed by atoms with Crippen molar-refractivity contribution in [2.45, 2.75) is 37.1 Å². The van der Waals surface area contributed by atoms with Gasteiger partial charge in [0.2, 0.25) is 0 Å². The molecule has 0 unspecified atom stereocenters. The summed E-state index contributed by atoms with van der Waals surface area (Å²) in [6, 6.07) is 7.81. The van der Waals surface area contributed by atoms with Gasteiger partial charge in [-0.1, -0.05) is 18.2 Å². The van der Waals surface area contributed by atoms with Crippen LogP contribution in [0.15, 0.2) is 24.3 Å².